The number of likely N-dealkylation sites (N-methyl/N-ethyl adjacent to an activating group) is 1. The Balaban J connectivity index is 1.51. The molecule has 2 fully saturated rings. The van der Waals surface area contributed by atoms with E-state index in [0.29, 0.717) is 5.69 Å². The Morgan fingerprint density at radius 2 is 1.62 bits per heavy atom. The van der Waals surface area contributed by atoms with E-state index in [9.17, 15) is 14.4 Å². The van der Waals surface area contributed by atoms with Crippen molar-refractivity contribution in [2.45, 2.75) is 88.9 Å². The Labute approximate surface area is 171 Å². The summed E-state index contributed by atoms with van der Waals surface area (Å²) >= 11 is 0. The highest BCUT2D eigenvalue weighted by Crippen LogP contribution is 2.27. The first-order valence-electron chi connectivity index (χ1n) is 10.9. The molecule has 1 aliphatic heterocycles. The number of hydrogen-bond donors (Lipinski definition) is 2. The smallest absolute Gasteiger partial charge is 0.272 e. The zero-order valence-corrected chi connectivity index (χ0v) is 17.4. The van der Waals surface area contributed by atoms with Gasteiger partial charge < -0.3 is 15.5 Å². The van der Waals surface area contributed by atoms with Crippen LogP contribution >= 0.6 is 0 Å². The molecule has 1 unspecified atom stereocenters. The monoisotopic (exact) mass is 401 g/mol. The van der Waals surface area contributed by atoms with E-state index in [4.69, 9.17) is 0 Å². The molecule has 2 aliphatic carbocycles. The Kier molecular flexibility index (Phi) is 5.36. The van der Waals surface area contributed by atoms with Gasteiger partial charge in [-0.05, 0) is 32.6 Å². The molecule has 8 nitrogen and oxygen atoms in total. The Morgan fingerprint density at radius 3 is 2.28 bits per heavy atom. The van der Waals surface area contributed by atoms with E-state index < -0.39 is 5.54 Å². The van der Waals surface area contributed by atoms with Crippen LogP contribution in [0.5, 0.6) is 0 Å². The maximum atomic E-state index is 13.0. The van der Waals surface area contributed by atoms with Gasteiger partial charge in [-0.1, -0.05) is 32.1 Å². The van der Waals surface area contributed by atoms with Crippen molar-refractivity contribution in [2.24, 2.45) is 0 Å². The third-order valence-electron chi connectivity index (χ3n) is 6.85. The lowest BCUT2D eigenvalue weighted by atomic mass is 9.95. The predicted molar refractivity (Wildman–Crippen MR) is 107 cm³/mol. The van der Waals surface area contributed by atoms with Crippen LogP contribution in [0.15, 0.2) is 6.07 Å². The molecule has 2 heterocycles. The molecule has 0 saturated heterocycles. The van der Waals surface area contributed by atoms with Crippen LogP contribution in [0.25, 0.3) is 0 Å². The van der Waals surface area contributed by atoms with Crippen LogP contribution in [0.4, 0.5) is 0 Å². The summed E-state index contributed by atoms with van der Waals surface area (Å²) in [6, 6.07) is 1.90. The van der Waals surface area contributed by atoms with Gasteiger partial charge in [-0.2, -0.15) is 5.10 Å². The maximum Gasteiger partial charge on any atom is 0.272 e. The first-order valence-corrected chi connectivity index (χ1v) is 10.9. The summed E-state index contributed by atoms with van der Waals surface area (Å²) < 4.78 is 1.52. The van der Waals surface area contributed by atoms with E-state index in [1.165, 1.54) is 16.0 Å². The van der Waals surface area contributed by atoms with Gasteiger partial charge in [0, 0.05) is 25.2 Å². The van der Waals surface area contributed by atoms with Crippen LogP contribution in [0.1, 0.15) is 85.7 Å². The van der Waals surface area contributed by atoms with E-state index >= 15 is 0 Å². The van der Waals surface area contributed by atoms with Crippen molar-refractivity contribution in [1.82, 2.24) is 25.3 Å². The van der Waals surface area contributed by atoms with Gasteiger partial charge in [0.05, 0.1) is 6.54 Å². The minimum Gasteiger partial charge on any atom is -0.351 e. The highest BCUT2D eigenvalue weighted by atomic mass is 16.2. The normalized spacial score (nSPS) is 25.7. The van der Waals surface area contributed by atoms with Gasteiger partial charge in [-0.25, -0.2) is 0 Å². The molecule has 158 valence electrons. The molecule has 2 saturated carbocycles. The fourth-order valence-corrected chi connectivity index (χ4v) is 4.76. The van der Waals surface area contributed by atoms with E-state index in [0.717, 1.165) is 51.4 Å². The van der Waals surface area contributed by atoms with E-state index in [2.05, 4.69) is 15.7 Å². The third-order valence-corrected chi connectivity index (χ3v) is 6.85. The van der Waals surface area contributed by atoms with Crippen molar-refractivity contribution in [3.05, 3.63) is 17.5 Å². The fourth-order valence-electron chi connectivity index (χ4n) is 4.76. The molecular weight excluding hydrogens is 370 g/mol. The van der Waals surface area contributed by atoms with Gasteiger partial charge in [-0.3, -0.25) is 19.1 Å². The SMILES string of the molecule is CN1C(=O)c2cc(C(=O)NC3CCCCC3)nn2CC1(C)C(=O)NC1CCCC1. The van der Waals surface area contributed by atoms with Crippen molar-refractivity contribution in [3.63, 3.8) is 0 Å². The number of fused-ring (bicyclic) bond motifs is 1. The summed E-state index contributed by atoms with van der Waals surface area (Å²) in [7, 11) is 1.65. The number of hydrogen-bond acceptors (Lipinski definition) is 4. The molecule has 3 amide bonds. The minimum atomic E-state index is -1.03. The number of rotatable bonds is 4. The molecule has 3 aliphatic rings. The zero-order valence-electron chi connectivity index (χ0n) is 17.4. The summed E-state index contributed by atoms with van der Waals surface area (Å²) in [5.74, 6) is -0.689. The number of aromatic nitrogens is 2. The average Bonchev–Trinajstić information content (AvgIpc) is 3.37. The van der Waals surface area contributed by atoms with E-state index in [1.807, 2.05) is 0 Å². The summed E-state index contributed by atoms with van der Waals surface area (Å²) in [4.78, 5) is 40.1. The molecule has 1 atom stereocenters. The second-order valence-electron chi connectivity index (χ2n) is 8.97. The first-order chi connectivity index (χ1) is 13.9. The molecule has 8 heteroatoms. The molecule has 1 aromatic heterocycles. The highest BCUT2D eigenvalue weighted by Gasteiger charge is 2.47. The zero-order chi connectivity index (χ0) is 20.6. The lowest BCUT2D eigenvalue weighted by Gasteiger charge is -2.41. The lowest BCUT2D eigenvalue weighted by Crippen LogP contribution is -2.63. The summed E-state index contributed by atoms with van der Waals surface area (Å²) in [6.45, 7) is 2.00. The van der Waals surface area contributed by atoms with Crippen molar-refractivity contribution in [1.29, 1.82) is 0 Å². The average molecular weight is 402 g/mol. The Bertz CT molecular complexity index is 807. The molecule has 0 spiro atoms. The molecule has 0 bridgehead atoms. The Morgan fingerprint density at radius 1 is 1.03 bits per heavy atom. The van der Waals surface area contributed by atoms with Gasteiger partial charge in [0.15, 0.2) is 5.69 Å². The minimum absolute atomic E-state index is 0.158. The summed E-state index contributed by atoms with van der Waals surface area (Å²) in [5.41, 5.74) is -0.435. The standard InChI is InChI=1S/C21H31N5O3/c1-21(20(29)23-15-10-6-7-11-15)13-26-17(19(28)25(21)2)12-16(24-26)18(27)22-14-8-4-3-5-9-14/h12,14-15H,3-11,13H2,1-2H3,(H,22,27)(H,23,29). The highest BCUT2D eigenvalue weighted by molar-refractivity contribution is 6.01. The van der Waals surface area contributed by atoms with Crippen LogP contribution in [0.2, 0.25) is 0 Å². The number of carbonyl (C=O) groups is 3. The molecular formula is C21H31N5O3. The fraction of sp³-hybridized carbons (Fsp3) is 0.714. The van der Waals surface area contributed by atoms with Crippen molar-refractivity contribution >= 4 is 17.7 Å². The van der Waals surface area contributed by atoms with Gasteiger partial charge in [0.2, 0.25) is 5.91 Å². The van der Waals surface area contributed by atoms with E-state index in [1.54, 1.807) is 20.0 Å². The third kappa shape index (κ3) is 3.76. The molecule has 4 rings (SSSR count). The van der Waals surface area contributed by atoms with Crippen LogP contribution in [0, 0.1) is 0 Å². The topological polar surface area (TPSA) is 96.3 Å². The van der Waals surface area contributed by atoms with Crippen LogP contribution in [0.3, 0.4) is 0 Å². The number of amides is 3. The van der Waals surface area contributed by atoms with Gasteiger partial charge in [0.1, 0.15) is 11.2 Å². The second-order valence-corrected chi connectivity index (χ2v) is 8.97. The largest absolute Gasteiger partial charge is 0.351 e. The maximum absolute atomic E-state index is 13.0. The van der Waals surface area contributed by atoms with Gasteiger partial charge >= 0.3 is 0 Å². The van der Waals surface area contributed by atoms with Crippen molar-refractivity contribution in [3.8, 4) is 0 Å². The lowest BCUT2D eigenvalue weighted by molar-refractivity contribution is -0.133. The van der Waals surface area contributed by atoms with Gasteiger partial charge in [0.25, 0.3) is 11.8 Å². The van der Waals surface area contributed by atoms with Gasteiger partial charge in [-0.15, -0.1) is 0 Å². The molecule has 2 N–H and O–H groups in total. The molecule has 1 aromatic rings. The Hall–Kier alpha value is -2.38. The summed E-state index contributed by atoms with van der Waals surface area (Å²) in [5, 5.41) is 10.5. The van der Waals surface area contributed by atoms with E-state index in [-0.39, 0.29) is 42.0 Å². The molecule has 0 radical (unpaired) electrons. The van der Waals surface area contributed by atoms with Crippen molar-refractivity contribution in [2.75, 3.05) is 7.05 Å². The summed E-state index contributed by atoms with van der Waals surface area (Å²) in [6.07, 6.45) is 9.66. The van der Waals surface area contributed by atoms with Crippen LogP contribution < -0.4 is 10.6 Å². The molecule has 29 heavy (non-hydrogen) atoms. The van der Waals surface area contributed by atoms with Crippen LogP contribution in [-0.4, -0.2) is 57.1 Å². The van der Waals surface area contributed by atoms with Crippen molar-refractivity contribution < 1.29 is 14.4 Å². The predicted octanol–water partition coefficient (Wildman–Crippen LogP) is 1.85. The first kappa shape index (κ1) is 19.9. The second kappa shape index (κ2) is 7.80. The van der Waals surface area contributed by atoms with Crippen LogP contribution in [-0.2, 0) is 11.3 Å². The molecule has 0 aromatic carbocycles. The quantitative estimate of drug-likeness (QED) is 0.805. The number of nitrogens with zero attached hydrogens (tertiary/aromatic N) is 3. The number of carbonyl (C=O) groups excluding carboxylic acids is 3. The number of nitrogens with one attached hydrogen (secondary N) is 2.